The monoisotopic (exact) mass is 476 g/mol. The molecule has 0 saturated carbocycles. The molecule has 2 aromatic carbocycles. The molecule has 0 saturated heterocycles. The fourth-order valence-electron chi connectivity index (χ4n) is 3.64. The van der Waals surface area contributed by atoms with Crippen LogP contribution in [0.4, 0.5) is 4.39 Å². The molecule has 1 N–H and O–H groups in total. The van der Waals surface area contributed by atoms with Crippen molar-refractivity contribution in [1.82, 2.24) is 4.57 Å². The van der Waals surface area contributed by atoms with E-state index in [1.54, 1.807) is 29.7 Å². The van der Waals surface area contributed by atoms with Gasteiger partial charge in [0.2, 0.25) is 0 Å². The van der Waals surface area contributed by atoms with E-state index in [2.05, 4.69) is 4.84 Å². The Bertz CT molecular complexity index is 1280. The predicted octanol–water partition coefficient (Wildman–Crippen LogP) is 3.76. The van der Waals surface area contributed by atoms with Crippen LogP contribution in [-0.2, 0) is 19.5 Å². The second-order valence-electron chi connectivity index (χ2n) is 7.42. The van der Waals surface area contributed by atoms with Crippen molar-refractivity contribution in [1.29, 1.82) is 0 Å². The second-order valence-corrected chi connectivity index (χ2v) is 9.43. The van der Waals surface area contributed by atoms with Crippen LogP contribution in [-0.4, -0.2) is 42.0 Å². The molecular weight excluding hydrogens is 455 g/mol. The van der Waals surface area contributed by atoms with Gasteiger partial charge in [0.15, 0.2) is 9.84 Å². The molecule has 11 heteroatoms. The summed E-state index contributed by atoms with van der Waals surface area (Å²) in [7, 11) is -3.41. The average Bonchev–Trinajstić information content (AvgIpc) is 3.07. The molecule has 1 unspecified atom stereocenters. The van der Waals surface area contributed by atoms with Crippen molar-refractivity contribution in [2.75, 3.05) is 12.9 Å². The molecule has 33 heavy (non-hydrogen) atoms. The predicted molar refractivity (Wildman–Crippen MR) is 117 cm³/mol. The van der Waals surface area contributed by atoms with Crippen molar-refractivity contribution in [3.8, 4) is 16.9 Å². The summed E-state index contributed by atoms with van der Waals surface area (Å²) in [4.78, 5) is 26.9. The standard InChI is InChI=1S/C22H21FN2O7S/c1-14-20(19(22(26)27)11-12-32-25(28)29)13-21(24(14)17-7-5-16(23)6-8-17)15-3-9-18(10-4-15)33(2,30)31/h3-10,13,19H,11-12H2,1-2H3,(H,26,27). The summed E-state index contributed by atoms with van der Waals surface area (Å²) in [6.45, 7) is 1.29. The molecule has 9 nitrogen and oxygen atoms in total. The Hall–Kier alpha value is -3.73. The van der Waals surface area contributed by atoms with E-state index in [1.807, 2.05) is 0 Å². The number of rotatable bonds is 9. The zero-order valence-corrected chi connectivity index (χ0v) is 18.6. The minimum absolute atomic E-state index is 0.128. The maximum absolute atomic E-state index is 13.5. The first-order valence-electron chi connectivity index (χ1n) is 9.78. The molecule has 0 aliphatic carbocycles. The van der Waals surface area contributed by atoms with Gasteiger partial charge < -0.3 is 14.5 Å². The lowest BCUT2D eigenvalue weighted by molar-refractivity contribution is -0.757. The average molecular weight is 476 g/mol. The SMILES string of the molecule is Cc1c(C(CCO[N+](=O)[O-])C(=O)O)cc(-c2ccc(S(C)(=O)=O)cc2)n1-c1ccc(F)cc1. The fraction of sp³-hybridized carbons (Fsp3) is 0.227. The summed E-state index contributed by atoms with van der Waals surface area (Å²) in [5.74, 6) is -2.72. The molecule has 0 bridgehead atoms. The van der Waals surface area contributed by atoms with E-state index >= 15 is 0 Å². The Morgan fingerprint density at radius 2 is 1.79 bits per heavy atom. The summed E-state index contributed by atoms with van der Waals surface area (Å²) >= 11 is 0. The van der Waals surface area contributed by atoms with E-state index < -0.39 is 39.2 Å². The van der Waals surface area contributed by atoms with Crippen LogP contribution >= 0.6 is 0 Å². The van der Waals surface area contributed by atoms with Gasteiger partial charge in [-0.3, -0.25) is 4.79 Å². The molecular formula is C22H21FN2O7S. The molecule has 1 atom stereocenters. The van der Waals surface area contributed by atoms with Gasteiger partial charge >= 0.3 is 5.97 Å². The molecule has 174 valence electrons. The van der Waals surface area contributed by atoms with Crippen LogP contribution in [0.2, 0.25) is 0 Å². The first-order valence-corrected chi connectivity index (χ1v) is 11.7. The van der Waals surface area contributed by atoms with Crippen molar-refractivity contribution in [3.05, 3.63) is 81.8 Å². The van der Waals surface area contributed by atoms with E-state index in [1.165, 1.54) is 36.4 Å². The van der Waals surface area contributed by atoms with Gasteiger partial charge in [0, 0.05) is 17.6 Å². The molecule has 1 aromatic heterocycles. The Balaban J connectivity index is 2.16. The van der Waals surface area contributed by atoms with Crippen LogP contribution in [0.3, 0.4) is 0 Å². The molecule has 0 radical (unpaired) electrons. The van der Waals surface area contributed by atoms with Gasteiger partial charge in [-0.05, 0) is 66.9 Å². The first kappa shape index (κ1) is 23.9. The number of halogens is 1. The minimum Gasteiger partial charge on any atom is -0.481 e. The fourth-order valence-corrected chi connectivity index (χ4v) is 4.27. The summed E-state index contributed by atoms with van der Waals surface area (Å²) in [5, 5.41) is 19.3. The molecule has 0 aliphatic heterocycles. The summed E-state index contributed by atoms with van der Waals surface area (Å²) in [5.41, 5.74) is 2.66. The Morgan fingerprint density at radius 1 is 1.18 bits per heavy atom. The zero-order valence-electron chi connectivity index (χ0n) is 17.8. The van der Waals surface area contributed by atoms with Gasteiger partial charge in [0.05, 0.1) is 23.1 Å². The number of aromatic nitrogens is 1. The number of hydrogen-bond acceptors (Lipinski definition) is 6. The Labute approximate surface area is 189 Å². The summed E-state index contributed by atoms with van der Waals surface area (Å²) in [6, 6.07) is 13.3. The van der Waals surface area contributed by atoms with Gasteiger partial charge in [-0.15, -0.1) is 10.1 Å². The second kappa shape index (κ2) is 9.41. The highest BCUT2D eigenvalue weighted by Crippen LogP contribution is 2.35. The lowest BCUT2D eigenvalue weighted by Crippen LogP contribution is -2.16. The molecule has 3 rings (SSSR count). The molecule has 3 aromatic rings. The van der Waals surface area contributed by atoms with Crippen LogP contribution < -0.4 is 0 Å². The third kappa shape index (κ3) is 5.37. The quantitative estimate of drug-likeness (QED) is 0.368. The minimum atomic E-state index is -3.41. The number of nitrogens with zero attached hydrogens (tertiary/aromatic N) is 2. The number of aliphatic carboxylic acids is 1. The summed E-state index contributed by atoms with van der Waals surface area (Å²) in [6.07, 6.45) is 0.951. The van der Waals surface area contributed by atoms with E-state index in [0.29, 0.717) is 28.2 Å². The summed E-state index contributed by atoms with van der Waals surface area (Å²) < 4.78 is 38.9. The van der Waals surface area contributed by atoms with Crippen LogP contribution in [0, 0.1) is 22.9 Å². The van der Waals surface area contributed by atoms with Gasteiger partial charge in [-0.25, -0.2) is 12.8 Å². The van der Waals surface area contributed by atoms with Crippen LogP contribution in [0.25, 0.3) is 16.9 Å². The van der Waals surface area contributed by atoms with E-state index in [4.69, 9.17) is 0 Å². The largest absolute Gasteiger partial charge is 0.481 e. The number of carboxylic acid groups (broad SMARTS) is 1. The van der Waals surface area contributed by atoms with E-state index in [-0.39, 0.29) is 11.3 Å². The number of hydrogen-bond donors (Lipinski definition) is 1. The van der Waals surface area contributed by atoms with Gasteiger partial charge in [0.25, 0.3) is 5.09 Å². The maximum Gasteiger partial charge on any atom is 0.311 e. The number of carboxylic acids is 1. The molecule has 0 amide bonds. The van der Waals surface area contributed by atoms with Gasteiger partial charge in [-0.2, -0.15) is 0 Å². The third-order valence-corrected chi connectivity index (χ3v) is 6.35. The Morgan fingerprint density at radius 3 is 2.30 bits per heavy atom. The van der Waals surface area contributed by atoms with E-state index in [0.717, 1.165) is 6.26 Å². The lowest BCUT2D eigenvalue weighted by Gasteiger charge is -2.15. The Kier molecular flexibility index (Phi) is 6.82. The van der Waals surface area contributed by atoms with Gasteiger partial charge in [0.1, 0.15) is 5.82 Å². The first-order chi connectivity index (χ1) is 15.5. The van der Waals surface area contributed by atoms with Crippen molar-refractivity contribution >= 4 is 15.8 Å². The lowest BCUT2D eigenvalue weighted by atomic mass is 9.96. The molecule has 0 spiro atoms. The zero-order chi connectivity index (χ0) is 24.3. The van der Waals surface area contributed by atoms with Crippen LogP contribution in [0.1, 0.15) is 23.6 Å². The van der Waals surface area contributed by atoms with Crippen LogP contribution in [0.15, 0.2) is 59.5 Å². The normalized spacial score (nSPS) is 12.3. The molecule has 0 aliphatic rings. The molecule has 1 heterocycles. The third-order valence-electron chi connectivity index (χ3n) is 5.23. The van der Waals surface area contributed by atoms with E-state index in [9.17, 15) is 32.8 Å². The maximum atomic E-state index is 13.5. The number of benzene rings is 2. The molecule has 0 fully saturated rings. The highest BCUT2D eigenvalue weighted by atomic mass is 32.2. The van der Waals surface area contributed by atoms with Crippen molar-refractivity contribution in [2.45, 2.75) is 24.2 Å². The van der Waals surface area contributed by atoms with Crippen LogP contribution in [0.5, 0.6) is 0 Å². The topological polar surface area (TPSA) is 129 Å². The number of carbonyl (C=O) groups is 1. The van der Waals surface area contributed by atoms with Gasteiger partial charge in [-0.1, -0.05) is 12.1 Å². The smallest absolute Gasteiger partial charge is 0.311 e. The van der Waals surface area contributed by atoms with Crippen molar-refractivity contribution in [2.24, 2.45) is 0 Å². The van der Waals surface area contributed by atoms with Crippen molar-refractivity contribution < 1.29 is 32.6 Å². The highest BCUT2D eigenvalue weighted by Gasteiger charge is 2.27. The number of sulfone groups is 1. The highest BCUT2D eigenvalue weighted by molar-refractivity contribution is 7.90. The van der Waals surface area contributed by atoms with Crippen molar-refractivity contribution in [3.63, 3.8) is 0 Å².